The SMILES string of the molecule is COc1cccc(N2C[C@@]34C=CC(O3)C(C(=O)Nc3ccc(OC)cc3OC)C4C2=O)c1. The average Bonchev–Trinajstić information content (AvgIpc) is 3.47. The van der Waals surface area contributed by atoms with Crippen molar-refractivity contribution in [2.75, 3.05) is 38.1 Å². The quantitative estimate of drug-likeness (QED) is 0.701. The van der Waals surface area contributed by atoms with Crippen LogP contribution in [0.15, 0.2) is 54.6 Å². The second-order valence-electron chi connectivity index (χ2n) is 8.08. The molecule has 2 amide bonds. The van der Waals surface area contributed by atoms with Gasteiger partial charge in [-0.3, -0.25) is 9.59 Å². The van der Waals surface area contributed by atoms with Crippen molar-refractivity contribution in [2.45, 2.75) is 11.7 Å². The Balaban J connectivity index is 1.42. The summed E-state index contributed by atoms with van der Waals surface area (Å²) in [5, 5.41) is 2.92. The molecule has 8 nitrogen and oxygen atoms in total. The van der Waals surface area contributed by atoms with Gasteiger partial charge in [0, 0.05) is 17.8 Å². The number of carbonyl (C=O) groups is 2. The van der Waals surface area contributed by atoms with E-state index in [4.69, 9.17) is 18.9 Å². The molecule has 4 atom stereocenters. The molecule has 0 aromatic heterocycles. The van der Waals surface area contributed by atoms with Crippen LogP contribution in [0, 0.1) is 11.8 Å². The summed E-state index contributed by atoms with van der Waals surface area (Å²) in [6.07, 6.45) is 3.37. The average molecular weight is 436 g/mol. The van der Waals surface area contributed by atoms with E-state index in [0.717, 1.165) is 5.69 Å². The van der Waals surface area contributed by atoms with E-state index in [1.165, 1.54) is 7.11 Å². The fourth-order valence-electron chi connectivity index (χ4n) is 4.91. The number of hydrogen-bond acceptors (Lipinski definition) is 6. The van der Waals surface area contributed by atoms with E-state index < -0.39 is 23.5 Å². The summed E-state index contributed by atoms with van der Waals surface area (Å²) < 4.78 is 22.1. The highest BCUT2D eigenvalue weighted by atomic mass is 16.5. The van der Waals surface area contributed by atoms with Crippen LogP contribution in [0.2, 0.25) is 0 Å². The Labute approximate surface area is 185 Å². The van der Waals surface area contributed by atoms with Crippen molar-refractivity contribution in [1.29, 1.82) is 0 Å². The second kappa shape index (κ2) is 7.56. The van der Waals surface area contributed by atoms with Crippen LogP contribution in [-0.4, -0.2) is 51.4 Å². The highest BCUT2D eigenvalue weighted by molar-refractivity contribution is 6.05. The zero-order chi connectivity index (χ0) is 22.5. The Morgan fingerprint density at radius 3 is 2.62 bits per heavy atom. The number of nitrogens with zero attached hydrogens (tertiary/aromatic N) is 1. The predicted molar refractivity (Wildman–Crippen MR) is 117 cm³/mol. The maximum absolute atomic E-state index is 13.5. The first-order chi connectivity index (χ1) is 15.5. The summed E-state index contributed by atoms with van der Waals surface area (Å²) in [6, 6.07) is 12.5. The predicted octanol–water partition coefficient (Wildman–Crippen LogP) is 2.64. The lowest BCUT2D eigenvalue weighted by atomic mass is 9.76. The fourth-order valence-corrected chi connectivity index (χ4v) is 4.91. The molecule has 3 heterocycles. The highest BCUT2D eigenvalue weighted by Gasteiger charge is 2.67. The third kappa shape index (κ3) is 3.02. The molecule has 3 unspecified atom stereocenters. The molecule has 2 bridgehead atoms. The summed E-state index contributed by atoms with van der Waals surface area (Å²) in [4.78, 5) is 28.5. The topological polar surface area (TPSA) is 86.3 Å². The van der Waals surface area contributed by atoms with E-state index in [1.807, 2.05) is 36.4 Å². The lowest BCUT2D eigenvalue weighted by Crippen LogP contribution is -2.41. The third-order valence-electron chi connectivity index (χ3n) is 6.43. The Morgan fingerprint density at radius 1 is 1.09 bits per heavy atom. The van der Waals surface area contributed by atoms with Crippen LogP contribution < -0.4 is 24.4 Å². The Hall–Kier alpha value is -3.52. The molecule has 2 aromatic rings. The van der Waals surface area contributed by atoms with Crippen molar-refractivity contribution in [1.82, 2.24) is 0 Å². The van der Waals surface area contributed by atoms with Gasteiger partial charge in [0.25, 0.3) is 0 Å². The summed E-state index contributed by atoms with van der Waals surface area (Å²) in [5.74, 6) is 0.0875. The Morgan fingerprint density at radius 2 is 1.88 bits per heavy atom. The first kappa shape index (κ1) is 20.4. The van der Waals surface area contributed by atoms with Gasteiger partial charge in [0.15, 0.2) is 0 Å². The smallest absolute Gasteiger partial charge is 0.234 e. The molecule has 2 fully saturated rings. The molecule has 8 heteroatoms. The van der Waals surface area contributed by atoms with Crippen molar-refractivity contribution in [3.8, 4) is 17.2 Å². The van der Waals surface area contributed by atoms with Crippen LogP contribution >= 0.6 is 0 Å². The van der Waals surface area contributed by atoms with E-state index >= 15 is 0 Å². The van der Waals surface area contributed by atoms with Crippen LogP contribution in [0.25, 0.3) is 0 Å². The van der Waals surface area contributed by atoms with E-state index in [-0.39, 0.29) is 11.8 Å². The Kier molecular flexibility index (Phi) is 4.82. The third-order valence-corrected chi connectivity index (χ3v) is 6.43. The number of benzene rings is 2. The van der Waals surface area contributed by atoms with Crippen molar-refractivity contribution in [3.05, 3.63) is 54.6 Å². The maximum atomic E-state index is 13.5. The lowest BCUT2D eigenvalue weighted by molar-refractivity contribution is -0.128. The molecular formula is C24H24N2O6. The van der Waals surface area contributed by atoms with Crippen LogP contribution in [0.3, 0.4) is 0 Å². The van der Waals surface area contributed by atoms with E-state index in [2.05, 4.69) is 5.32 Å². The van der Waals surface area contributed by atoms with Crippen LogP contribution in [0.1, 0.15) is 0 Å². The zero-order valence-electron chi connectivity index (χ0n) is 18.0. The molecule has 2 aromatic carbocycles. The van der Waals surface area contributed by atoms with Gasteiger partial charge in [0.05, 0.1) is 51.5 Å². The number of ether oxygens (including phenoxy) is 4. The first-order valence-electron chi connectivity index (χ1n) is 10.3. The molecule has 2 saturated heterocycles. The molecule has 0 aliphatic carbocycles. The minimum Gasteiger partial charge on any atom is -0.497 e. The van der Waals surface area contributed by atoms with Gasteiger partial charge in [-0.25, -0.2) is 0 Å². The second-order valence-corrected chi connectivity index (χ2v) is 8.08. The van der Waals surface area contributed by atoms with Crippen molar-refractivity contribution < 1.29 is 28.5 Å². The van der Waals surface area contributed by atoms with E-state index in [1.54, 1.807) is 37.3 Å². The van der Waals surface area contributed by atoms with Gasteiger partial charge in [0.2, 0.25) is 11.8 Å². The van der Waals surface area contributed by atoms with Crippen molar-refractivity contribution in [3.63, 3.8) is 0 Å². The van der Waals surface area contributed by atoms with Crippen molar-refractivity contribution in [2.24, 2.45) is 11.8 Å². The number of amides is 2. The fraction of sp³-hybridized carbons (Fsp3) is 0.333. The molecule has 3 aliphatic rings. The van der Waals surface area contributed by atoms with Crippen LogP contribution in [-0.2, 0) is 14.3 Å². The van der Waals surface area contributed by atoms with Gasteiger partial charge < -0.3 is 29.2 Å². The number of hydrogen-bond donors (Lipinski definition) is 1. The molecule has 0 saturated carbocycles. The zero-order valence-corrected chi connectivity index (χ0v) is 18.0. The van der Waals surface area contributed by atoms with Crippen molar-refractivity contribution >= 4 is 23.2 Å². The van der Waals surface area contributed by atoms with Gasteiger partial charge in [-0.15, -0.1) is 0 Å². The molecule has 32 heavy (non-hydrogen) atoms. The normalized spacial score (nSPS) is 27.4. The monoisotopic (exact) mass is 436 g/mol. The molecule has 166 valence electrons. The molecule has 0 radical (unpaired) electrons. The number of fused-ring (bicyclic) bond motifs is 1. The number of nitrogens with one attached hydrogen (secondary N) is 1. The van der Waals surface area contributed by atoms with E-state index in [9.17, 15) is 9.59 Å². The van der Waals surface area contributed by atoms with Crippen LogP contribution in [0.5, 0.6) is 17.2 Å². The summed E-state index contributed by atoms with van der Waals surface area (Å²) in [6.45, 7) is 0.353. The summed E-state index contributed by atoms with van der Waals surface area (Å²) in [7, 11) is 4.67. The van der Waals surface area contributed by atoms with E-state index in [0.29, 0.717) is 29.5 Å². The highest BCUT2D eigenvalue weighted by Crippen LogP contribution is 2.53. The molecule has 5 rings (SSSR count). The van der Waals surface area contributed by atoms with Gasteiger partial charge in [-0.2, -0.15) is 0 Å². The molecule has 1 N–H and O–H groups in total. The standard InChI is InChI=1S/C24H24N2O6/c1-29-15-6-4-5-14(11-15)26-13-24-10-9-18(32-24)20(21(24)23(26)28)22(27)25-17-8-7-16(30-2)12-19(17)31-3/h4-12,18,20-21H,13H2,1-3H3,(H,25,27)/t18?,20?,21?,24-/m1/s1. The first-order valence-corrected chi connectivity index (χ1v) is 10.3. The van der Waals surface area contributed by atoms with Crippen LogP contribution in [0.4, 0.5) is 11.4 Å². The Bertz CT molecular complexity index is 1120. The summed E-state index contributed by atoms with van der Waals surface area (Å²) >= 11 is 0. The molecular weight excluding hydrogens is 412 g/mol. The maximum Gasteiger partial charge on any atom is 0.234 e. The van der Waals surface area contributed by atoms with Gasteiger partial charge in [-0.1, -0.05) is 18.2 Å². The molecule has 1 spiro atoms. The number of methoxy groups -OCH3 is 3. The summed E-state index contributed by atoms with van der Waals surface area (Å²) in [5.41, 5.74) is 0.417. The minimum absolute atomic E-state index is 0.132. The molecule has 3 aliphatic heterocycles. The van der Waals surface area contributed by atoms with Gasteiger partial charge >= 0.3 is 0 Å². The number of anilines is 2. The van der Waals surface area contributed by atoms with Gasteiger partial charge in [0.1, 0.15) is 22.8 Å². The lowest BCUT2D eigenvalue weighted by Gasteiger charge is -2.24. The number of rotatable bonds is 6. The minimum atomic E-state index is -0.809. The largest absolute Gasteiger partial charge is 0.497 e. The number of carbonyl (C=O) groups excluding carboxylic acids is 2. The van der Waals surface area contributed by atoms with Gasteiger partial charge in [-0.05, 0) is 24.3 Å².